The van der Waals surface area contributed by atoms with Gasteiger partial charge in [-0.05, 0) is 35.9 Å². The van der Waals surface area contributed by atoms with Gasteiger partial charge in [-0.1, -0.05) is 6.07 Å². The van der Waals surface area contributed by atoms with Crippen LogP contribution >= 0.6 is 0 Å². The highest BCUT2D eigenvalue weighted by molar-refractivity contribution is 5.59. The minimum Gasteiger partial charge on any atom is -0.508 e. The summed E-state index contributed by atoms with van der Waals surface area (Å²) in [4.78, 5) is 6.28. The van der Waals surface area contributed by atoms with Gasteiger partial charge in [0.05, 0.1) is 0 Å². The number of nitrogens with two attached hydrogens (primary N) is 1. The Labute approximate surface area is 100 Å². The SMILES string of the molecule is CN(c1ccc(O)cc1)c1ccc(CN)cn1. The lowest BCUT2D eigenvalue weighted by Crippen LogP contribution is -2.11. The highest BCUT2D eigenvalue weighted by Gasteiger charge is 2.04. The second kappa shape index (κ2) is 4.84. The molecule has 0 unspecified atom stereocenters. The molecule has 17 heavy (non-hydrogen) atoms. The molecule has 0 bridgehead atoms. The third kappa shape index (κ3) is 2.54. The average Bonchev–Trinajstić information content (AvgIpc) is 2.39. The van der Waals surface area contributed by atoms with Crippen molar-refractivity contribution < 1.29 is 5.11 Å². The minimum absolute atomic E-state index is 0.258. The number of hydrogen-bond acceptors (Lipinski definition) is 4. The van der Waals surface area contributed by atoms with Gasteiger partial charge in [-0.25, -0.2) is 4.98 Å². The van der Waals surface area contributed by atoms with Crippen LogP contribution in [-0.4, -0.2) is 17.1 Å². The molecule has 4 heteroatoms. The van der Waals surface area contributed by atoms with Gasteiger partial charge in [-0.2, -0.15) is 0 Å². The predicted octanol–water partition coefficient (Wildman–Crippen LogP) is 2.01. The topological polar surface area (TPSA) is 62.4 Å². The molecule has 0 radical (unpaired) electrons. The minimum atomic E-state index is 0.258. The highest BCUT2D eigenvalue weighted by atomic mass is 16.3. The standard InChI is InChI=1S/C13H15N3O/c1-16(11-3-5-12(17)6-4-11)13-7-2-10(8-14)9-15-13/h2-7,9,17H,8,14H2,1H3. The van der Waals surface area contributed by atoms with Crippen molar-refractivity contribution in [3.05, 3.63) is 48.2 Å². The molecule has 0 fully saturated rings. The average molecular weight is 229 g/mol. The molecule has 1 aromatic heterocycles. The zero-order chi connectivity index (χ0) is 12.3. The summed E-state index contributed by atoms with van der Waals surface area (Å²) in [5.74, 6) is 1.10. The van der Waals surface area contributed by atoms with Gasteiger partial charge in [-0.3, -0.25) is 0 Å². The summed E-state index contributed by atoms with van der Waals surface area (Å²) in [6.07, 6.45) is 1.77. The number of phenolic OH excluding ortho intramolecular Hbond substituents is 1. The summed E-state index contributed by atoms with van der Waals surface area (Å²) >= 11 is 0. The van der Waals surface area contributed by atoms with E-state index in [1.807, 2.05) is 36.2 Å². The third-order valence-electron chi connectivity index (χ3n) is 2.63. The maximum Gasteiger partial charge on any atom is 0.132 e. The number of phenols is 1. The lowest BCUT2D eigenvalue weighted by Gasteiger charge is -2.18. The lowest BCUT2D eigenvalue weighted by atomic mass is 10.2. The van der Waals surface area contributed by atoms with Crippen LogP contribution in [0.5, 0.6) is 5.75 Å². The van der Waals surface area contributed by atoms with Crippen LogP contribution in [0.25, 0.3) is 0 Å². The van der Waals surface area contributed by atoms with Gasteiger partial charge >= 0.3 is 0 Å². The monoisotopic (exact) mass is 229 g/mol. The summed E-state index contributed by atoms with van der Waals surface area (Å²) in [5.41, 5.74) is 7.50. The van der Waals surface area contributed by atoms with Crippen molar-refractivity contribution in [2.45, 2.75) is 6.54 Å². The van der Waals surface area contributed by atoms with Gasteiger partial charge in [0.15, 0.2) is 0 Å². The normalized spacial score (nSPS) is 10.2. The molecule has 0 amide bonds. The quantitative estimate of drug-likeness (QED) is 0.845. The maximum atomic E-state index is 9.23. The first-order chi connectivity index (χ1) is 8.20. The molecule has 1 aromatic carbocycles. The molecule has 2 rings (SSSR count). The Morgan fingerprint density at radius 1 is 1.18 bits per heavy atom. The summed E-state index contributed by atoms with van der Waals surface area (Å²) in [5, 5.41) is 9.23. The second-order valence-corrected chi connectivity index (χ2v) is 3.80. The van der Waals surface area contributed by atoms with Crippen molar-refractivity contribution in [3.8, 4) is 5.75 Å². The number of nitrogens with zero attached hydrogens (tertiary/aromatic N) is 2. The van der Waals surface area contributed by atoms with E-state index in [0.717, 1.165) is 17.1 Å². The third-order valence-corrected chi connectivity index (χ3v) is 2.63. The van der Waals surface area contributed by atoms with Crippen LogP contribution in [-0.2, 0) is 6.54 Å². The lowest BCUT2D eigenvalue weighted by molar-refractivity contribution is 0.475. The fourth-order valence-corrected chi connectivity index (χ4v) is 1.54. The number of aromatic nitrogens is 1. The molecule has 88 valence electrons. The first-order valence-corrected chi connectivity index (χ1v) is 5.38. The number of rotatable bonds is 3. The summed E-state index contributed by atoms with van der Waals surface area (Å²) in [7, 11) is 1.93. The summed E-state index contributed by atoms with van der Waals surface area (Å²) < 4.78 is 0. The van der Waals surface area contributed by atoms with Crippen molar-refractivity contribution in [3.63, 3.8) is 0 Å². The number of aromatic hydroxyl groups is 1. The van der Waals surface area contributed by atoms with Crippen LogP contribution in [0.1, 0.15) is 5.56 Å². The first-order valence-electron chi connectivity index (χ1n) is 5.38. The number of benzene rings is 1. The molecule has 0 atom stereocenters. The molecule has 3 N–H and O–H groups in total. The van der Waals surface area contributed by atoms with Crippen molar-refractivity contribution in [1.29, 1.82) is 0 Å². The zero-order valence-corrected chi connectivity index (χ0v) is 9.67. The van der Waals surface area contributed by atoms with Crippen molar-refractivity contribution in [2.24, 2.45) is 5.73 Å². The van der Waals surface area contributed by atoms with E-state index in [1.165, 1.54) is 0 Å². The van der Waals surface area contributed by atoms with E-state index < -0.39 is 0 Å². The van der Waals surface area contributed by atoms with Crippen LogP contribution in [0.4, 0.5) is 11.5 Å². The number of pyridine rings is 1. The molecule has 0 saturated heterocycles. The molecule has 0 aliphatic carbocycles. The van der Waals surface area contributed by atoms with Gasteiger partial charge in [0.2, 0.25) is 0 Å². The molecule has 2 aromatic rings. The molecular formula is C13H15N3O. The molecule has 4 nitrogen and oxygen atoms in total. The van der Waals surface area contributed by atoms with Crippen molar-refractivity contribution >= 4 is 11.5 Å². The molecule has 0 aliphatic rings. The maximum absolute atomic E-state index is 9.23. The Balaban J connectivity index is 2.23. The predicted molar refractivity (Wildman–Crippen MR) is 68.3 cm³/mol. The molecule has 0 spiro atoms. The van der Waals surface area contributed by atoms with E-state index in [1.54, 1.807) is 18.3 Å². The molecule has 0 aliphatic heterocycles. The van der Waals surface area contributed by atoms with E-state index in [2.05, 4.69) is 4.98 Å². The van der Waals surface area contributed by atoms with Crippen molar-refractivity contribution in [1.82, 2.24) is 4.98 Å². The number of hydrogen-bond donors (Lipinski definition) is 2. The van der Waals surface area contributed by atoms with Gasteiger partial charge < -0.3 is 15.7 Å². The molecule has 0 saturated carbocycles. The second-order valence-electron chi connectivity index (χ2n) is 3.80. The molecular weight excluding hydrogens is 214 g/mol. The number of anilines is 2. The Morgan fingerprint density at radius 2 is 1.88 bits per heavy atom. The van der Waals surface area contributed by atoms with Crippen LogP contribution in [0.2, 0.25) is 0 Å². The van der Waals surface area contributed by atoms with E-state index in [-0.39, 0.29) is 5.75 Å². The Morgan fingerprint density at radius 3 is 2.41 bits per heavy atom. The van der Waals surface area contributed by atoms with Crippen LogP contribution in [0.3, 0.4) is 0 Å². The van der Waals surface area contributed by atoms with Crippen LogP contribution in [0.15, 0.2) is 42.6 Å². The largest absolute Gasteiger partial charge is 0.508 e. The van der Waals surface area contributed by atoms with Gasteiger partial charge in [0, 0.05) is 25.5 Å². The van der Waals surface area contributed by atoms with Crippen LogP contribution in [0, 0.1) is 0 Å². The van der Waals surface area contributed by atoms with E-state index >= 15 is 0 Å². The Bertz CT molecular complexity index is 479. The molecule has 1 heterocycles. The van der Waals surface area contributed by atoms with Gasteiger partial charge in [-0.15, -0.1) is 0 Å². The zero-order valence-electron chi connectivity index (χ0n) is 9.67. The van der Waals surface area contributed by atoms with Crippen LogP contribution < -0.4 is 10.6 Å². The van der Waals surface area contributed by atoms with E-state index in [0.29, 0.717) is 6.54 Å². The van der Waals surface area contributed by atoms with Gasteiger partial charge in [0.25, 0.3) is 0 Å². The highest BCUT2D eigenvalue weighted by Crippen LogP contribution is 2.23. The van der Waals surface area contributed by atoms with Crippen molar-refractivity contribution in [2.75, 3.05) is 11.9 Å². The summed E-state index contributed by atoms with van der Waals surface area (Å²) in [6.45, 7) is 0.496. The Hall–Kier alpha value is -2.07. The van der Waals surface area contributed by atoms with Gasteiger partial charge in [0.1, 0.15) is 11.6 Å². The van der Waals surface area contributed by atoms with E-state index in [4.69, 9.17) is 5.73 Å². The Kier molecular flexibility index (Phi) is 3.25. The fourth-order valence-electron chi connectivity index (χ4n) is 1.54. The van der Waals surface area contributed by atoms with E-state index in [9.17, 15) is 5.11 Å². The first kappa shape index (κ1) is 11.4. The smallest absolute Gasteiger partial charge is 0.132 e. The fraction of sp³-hybridized carbons (Fsp3) is 0.154. The summed E-state index contributed by atoms with van der Waals surface area (Å²) in [6, 6.07) is 10.9.